The molecule has 0 aromatic heterocycles. The number of benzene rings is 2. The maximum absolute atomic E-state index is 12.2. The number of ether oxygens (including phenoxy) is 3. The molecular formula is C26H34N4O6. The van der Waals surface area contributed by atoms with Gasteiger partial charge in [0.15, 0.2) is 18.1 Å². The molecule has 0 radical (unpaired) electrons. The average Bonchev–Trinajstić information content (AvgIpc) is 2.87. The smallest absolute Gasteiger partial charge is 0.329 e. The monoisotopic (exact) mass is 498 g/mol. The maximum Gasteiger partial charge on any atom is 0.329 e. The normalized spacial score (nSPS) is 10.8. The molecule has 3 N–H and O–H groups in total. The number of methoxy groups -OCH3 is 1. The highest BCUT2D eigenvalue weighted by Gasteiger charge is 2.12. The summed E-state index contributed by atoms with van der Waals surface area (Å²) in [6.45, 7) is 6.53. The van der Waals surface area contributed by atoms with Crippen molar-refractivity contribution in [3.05, 3.63) is 53.6 Å². The molecule has 36 heavy (non-hydrogen) atoms. The number of carbonyl (C=O) groups excluding carboxylic acids is 3. The second-order valence-electron chi connectivity index (χ2n) is 8.03. The quantitative estimate of drug-likeness (QED) is 0.169. The molecule has 0 fully saturated rings. The number of carbonyl (C=O) groups is 3. The van der Waals surface area contributed by atoms with Crippen molar-refractivity contribution in [3.8, 4) is 11.5 Å². The Kier molecular flexibility index (Phi) is 11.9. The van der Waals surface area contributed by atoms with Crippen LogP contribution < -0.4 is 25.5 Å². The van der Waals surface area contributed by atoms with Crippen LogP contribution in [0.3, 0.4) is 0 Å². The van der Waals surface area contributed by atoms with E-state index in [9.17, 15) is 14.4 Å². The van der Waals surface area contributed by atoms with Gasteiger partial charge >= 0.3 is 11.8 Å². The highest BCUT2D eigenvalue weighted by molar-refractivity contribution is 6.35. The predicted molar refractivity (Wildman–Crippen MR) is 137 cm³/mol. The van der Waals surface area contributed by atoms with E-state index in [-0.39, 0.29) is 18.6 Å². The lowest BCUT2D eigenvalue weighted by atomic mass is 10.1. The minimum absolute atomic E-state index is 0.117. The topological polar surface area (TPSA) is 127 Å². The summed E-state index contributed by atoms with van der Waals surface area (Å²) in [6.07, 6.45) is 3.00. The molecular weight excluding hydrogens is 464 g/mol. The Bertz CT molecular complexity index is 1040. The van der Waals surface area contributed by atoms with E-state index >= 15 is 0 Å². The second kappa shape index (κ2) is 15.2. The molecule has 0 aliphatic carbocycles. The molecule has 0 unspecified atom stereocenters. The van der Waals surface area contributed by atoms with Gasteiger partial charge in [-0.15, -0.1) is 0 Å². The summed E-state index contributed by atoms with van der Waals surface area (Å²) in [5.74, 6) is -1.21. The zero-order valence-electron chi connectivity index (χ0n) is 21.1. The number of hydrogen-bond donors (Lipinski definition) is 3. The molecule has 0 atom stereocenters. The summed E-state index contributed by atoms with van der Waals surface area (Å²) in [4.78, 5) is 35.9. The van der Waals surface area contributed by atoms with Crippen LogP contribution in [0.25, 0.3) is 0 Å². The predicted octanol–water partition coefficient (Wildman–Crippen LogP) is 2.66. The largest absolute Gasteiger partial charge is 0.493 e. The van der Waals surface area contributed by atoms with E-state index in [1.165, 1.54) is 18.9 Å². The summed E-state index contributed by atoms with van der Waals surface area (Å²) >= 11 is 0. The minimum atomic E-state index is -0.877. The van der Waals surface area contributed by atoms with Crippen molar-refractivity contribution in [2.45, 2.75) is 39.7 Å². The first-order valence-corrected chi connectivity index (χ1v) is 11.7. The van der Waals surface area contributed by atoms with Crippen LogP contribution in [0.2, 0.25) is 0 Å². The fourth-order valence-corrected chi connectivity index (χ4v) is 2.94. The summed E-state index contributed by atoms with van der Waals surface area (Å²) < 4.78 is 16.3. The van der Waals surface area contributed by atoms with E-state index in [0.29, 0.717) is 42.3 Å². The maximum atomic E-state index is 12.2. The molecule has 2 rings (SSSR count). The number of rotatable bonds is 13. The zero-order valence-corrected chi connectivity index (χ0v) is 21.1. The lowest BCUT2D eigenvalue weighted by Gasteiger charge is -2.11. The molecule has 10 nitrogen and oxygen atoms in total. The van der Waals surface area contributed by atoms with E-state index in [1.807, 2.05) is 38.1 Å². The molecule has 0 heterocycles. The minimum Gasteiger partial charge on any atom is -0.493 e. The fourth-order valence-electron chi connectivity index (χ4n) is 2.94. The van der Waals surface area contributed by atoms with Gasteiger partial charge in [0.05, 0.1) is 19.4 Å². The summed E-state index contributed by atoms with van der Waals surface area (Å²) in [6, 6.07) is 12.5. The van der Waals surface area contributed by atoms with Crippen LogP contribution >= 0.6 is 0 Å². The lowest BCUT2D eigenvalue weighted by molar-refractivity contribution is -0.139. The van der Waals surface area contributed by atoms with Crippen LogP contribution in [-0.4, -0.2) is 56.9 Å². The molecule has 2 aromatic carbocycles. The average molecular weight is 499 g/mol. The van der Waals surface area contributed by atoms with Crippen LogP contribution in [0.4, 0.5) is 5.69 Å². The Labute approximate surface area is 211 Å². The van der Waals surface area contributed by atoms with Crippen LogP contribution in [0.1, 0.15) is 38.3 Å². The van der Waals surface area contributed by atoms with Gasteiger partial charge in [0.1, 0.15) is 0 Å². The van der Waals surface area contributed by atoms with Crippen molar-refractivity contribution in [3.63, 3.8) is 0 Å². The molecule has 0 spiro atoms. The Morgan fingerprint density at radius 1 is 1.03 bits per heavy atom. The third-order valence-electron chi connectivity index (χ3n) is 4.84. The molecule has 10 heteroatoms. The fraction of sp³-hybridized carbons (Fsp3) is 0.385. The van der Waals surface area contributed by atoms with Crippen LogP contribution in [0.15, 0.2) is 47.6 Å². The van der Waals surface area contributed by atoms with Crippen molar-refractivity contribution < 1.29 is 28.6 Å². The van der Waals surface area contributed by atoms with Crippen molar-refractivity contribution in [2.24, 2.45) is 5.10 Å². The highest BCUT2D eigenvalue weighted by Crippen LogP contribution is 2.27. The van der Waals surface area contributed by atoms with Crippen molar-refractivity contribution in [1.29, 1.82) is 0 Å². The van der Waals surface area contributed by atoms with Gasteiger partial charge in [0.2, 0.25) is 0 Å². The second-order valence-corrected chi connectivity index (χ2v) is 8.03. The Morgan fingerprint density at radius 3 is 2.44 bits per heavy atom. The highest BCUT2D eigenvalue weighted by atomic mass is 16.5. The van der Waals surface area contributed by atoms with Crippen LogP contribution in [0, 0.1) is 0 Å². The van der Waals surface area contributed by atoms with E-state index in [4.69, 9.17) is 14.2 Å². The van der Waals surface area contributed by atoms with E-state index in [1.54, 1.807) is 18.2 Å². The first-order valence-electron chi connectivity index (χ1n) is 11.7. The number of hydrogen-bond acceptors (Lipinski definition) is 7. The number of aryl methyl sites for hydroxylation is 1. The summed E-state index contributed by atoms with van der Waals surface area (Å²) in [5, 5.41) is 9.08. The summed E-state index contributed by atoms with van der Waals surface area (Å²) in [5.41, 5.74) is 4.64. The molecule has 194 valence electrons. The van der Waals surface area contributed by atoms with Crippen LogP contribution in [-0.2, 0) is 25.5 Å². The molecule has 0 saturated heterocycles. The number of nitrogens with zero attached hydrogens (tertiary/aromatic N) is 1. The van der Waals surface area contributed by atoms with Gasteiger partial charge < -0.3 is 24.8 Å². The van der Waals surface area contributed by atoms with Crippen molar-refractivity contribution in [1.82, 2.24) is 10.7 Å². The number of hydrazone groups is 1. The molecule has 0 bridgehead atoms. The SMILES string of the molecule is CCc1ccc(NC(=O)COc2ccc(/C=N\NC(=O)C(=O)NCCCOC(C)C)cc2OC)cc1. The zero-order chi connectivity index (χ0) is 26.3. The van der Waals surface area contributed by atoms with Gasteiger partial charge in [-0.05, 0) is 68.1 Å². The lowest BCUT2D eigenvalue weighted by Crippen LogP contribution is -2.38. The van der Waals surface area contributed by atoms with Crippen molar-refractivity contribution in [2.75, 3.05) is 32.2 Å². The molecule has 0 aliphatic rings. The van der Waals surface area contributed by atoms with E-state index < -0.39 is 11.8 Å². The van der Waals surface area contributed by atoms with Gasteiger partial charge in [-0.1, -0.05) is 19.1 Å². The number of amides is 3. The number of anilines is 1. The molecule has 0 aliphatic heterocycles. The Balaban J connectivity index is 1.80. The Hall–Kier alpha value is -3.92. The van der Waals surface area contributed by atoms with Crippen LogP contribution in [0.5, 0.6) is 11.5 Å². The molecule has 0 saturated carbocycles. The van der Waals surface area contributed by atoms with E-state index in [2.05, 4.69) is 28.1 Å². The van der Waals surface area contributed by atoms with E-state index in [0.717, 1.165) is 6.42 Å². The van der Waals surface area contributed by atoms with Crippen molar-refractivity contribution >= 4 is 29.6 Å². The number of nitrogens with one attached hydrogen (secondary N) is 3. The van der Waals surface area contributed by atoms with Gasteiger partial charge in [0.25, 0.3) is 5.91 Å². The third kappa shape index (κ3) is 10.1. The van der Waals surface area contributed by atoms with Gasteiger partial charge in [-0.3, -0.25) is 14.4 Å². The Morgan fingerprint density at radius 2 is 1.78 bits per heavy atom. The first kappa shape index (κ1) is 28.3. The first-order chi connectivity index (χ1) is 17.3. The third-order valence-corrected chi connectivity index (χ3v) is 4.84. The standard InChI is InChI=1S/C26H34N4O6/c1-5-19-7-10-21(11-8-19)29-24(31)17-36-22-12-9-20(15-23(22)34-4)16-28-30-26(33)25(32)27-13-6-14-35-18(2)3/h7-12,15-16,18H,5-6,13-14,17H2,1-4H3,(H,27,32)(H,29,31)(H,30,33)/b28-16-. The van der Waals surface area contributed by atoms with Gasteiger partial charge in [-0.25, -0.2) is 5.43 Å². The molecule has 2 aromatic rings. The van der Waals surface area contributed by atoms with Gasteiger partial charge in [0, 0.05) is 18.8 Å². The van der Waals surface area contributed by atoms with Gasteiger partial charge in [-0.2, -0.15) is 5.10 Å². The summed E-state index contributed by atoms with van der Waals surface area (Å²) in [7, 11) is 1.47. The molecule has 3 amide bonds.